The van der Waals surface area contributed by atoms with E-state index in [1.807, 2.05) is 13.8 Å². The van der Waals surface area contributed by atoms with Crippen molar-refractivity contribution in [2.45, 2.75) is 52.7 Å². The van der Waals surface area contributed by atoms with Gasteiger partial charge in [0.25, 0.3) is 11.6 Å². The lowest BCUT2D eigenvalue weighted by atomic mass is 9.88. The topological polar surface area (TPSA) is 111 Å². The molecule has 0 saturated heterocycles. The SMILES string of the molecule is CC(C)C(C)(CNC(=O)OC(C)(C)C)NC(=O)c1ccc(Cl)c([N+](=O)[O-])c1. The Bertz CT molecular complexity index is 730. The highest BCUT2D eigenvalue weighted by Gasteiger charge is 2.32. The molecular weight excluding hydrogens is 374 g/mol. The predicted molar refractivity (Wildman–Crippen MR) is 103 cm³/mol. The summed E-state index contributed by atoms with van der Waals surface area (Å²) in [4.78, 5) is 34.9. The zero-order valence-electron chi connectivity index (χ0n) is 16.4. The number of hydrogen-bond acceptors (Lipinski definition) is 5. The van der Waals surface area contributed by atoms with Gasteiger partial charge in [-0.05, 0) is 45.7 Å². The summed E-state index contributed by atoms with van der Waals surface area (Å²) < 4.78 is 5.21. The molecule has 9 heteroatoms. The molecular formula is C18H26ClN3O5. The summed E-state index contributed by atoms with van der Waals surface area (Å²) in [5.74, 6) is -0.546. The Labute approximate surface area is 163 Å². The highest BCUT2D eigenvalue weighted by molar-refractivity contribution is 6.32. The van der Waals surface area contributed by atoms with Crippen molar-refractivity contribution in [3.05, 3.63) is 38.9 Å². The average molecular weight is 400 g/mol. The van der Waals surface area contributed by atoms with Crippen molar-refractivity contribution in [1.82, 2.24) is 10.6 Å². The van der Waals surface area contributed by atoms with E-state index in [0.29, 0.717) is 0 Å². The first-order valence-electron chi connectivity index (χ1n) is 8.48. The van der Waals surface area contributed by atoms with Crippen molar-refractivity contribution in [3.63, 3.8) is 0 Å². The Balaban J connectivity index is 2.92. The number of alkyl carbamates (subject to hydrolysis) is 1. The molecule has 0 aliphatic rings. The van der Waals surface area contributed by atoms with Crippen molar-refractivity contribution in [1.29, 1.82) is 0 Å². The first-order valence-corrected chi connectivity index (χ1v) is 8.86. The van der Waals surface area contributed by atoms with Gasteiger partial charge in [0.2, 0.25) is 0 Å². The number of nitrogens with one attached hydrogen (secondary N) is 2. The summed E-state index contributed by atoms with van der Waals surface area (Å²) in [6.07, 6.45) is -0.592. The number of nitro groups is 1. The van der Waals surface area contributed by atoms with E-state index in [2.05, 4.69) is 10.6 Å². The van der Waals surface area contributed by atoms with Gasteiger partial charge < -0.3 is 15.4 Å². The molecule has 8 nitrogen and oxygen atoms in total. The fourth-order valence-electron chi connectivity index (χ4n) is 2.09. The van der Waals surface area contributed by atoms with Crippen LogP contribution in [0.4, 0.5) is 10.5 Å². The number of halogens is 1. The number of rotatable bonds is 6. The number of amides is 2. The maximum atomic E-state index is 12.6. The summed E-state index contributed by atoms with van der Waals surface area (Å²) in [5, 5.41) is 16.5. The van der Waals surface area contributed by atoms with Gasteiger partial charge in [-0.15, -0.1) is 0 Å². The Morgan fingerprint density at radius 1 is 1.26 bits per heavy atom. The molecule has 1 unspecified atom stereocenters. The highest BCUT2D eigenvalue weighted by Crippen LogP contribution is 2.26. The molecule has 2 amide bonds. The van der Waals surface area contributed by atoms with Crippen molar-refractivity contribution in [3.8, 4) is 0 Å². The van der Waals surface area contributed by atoms with Crippen LogP contribution in [0.1, 0.15) is 51.9 Å². The fourth-order valence-corrected chi connectivity index (χ4v) is 2.27. The summed E-state index contributed by atoms with van der Waals surface area (Å²) in [6, 6.07) is 3.84. The van der Waals surface area contributed by atoms with Gasteiger partial charge in [0.15, 0.2) is 0 Å². The lowest BCUT2D eigenvalue weighted by molar-refractivity contribution is -0.384. The number of ether oxygens (including phenoxy) is 1. The largest absolute Gasteiger partial charge is 0.444 e. The minimum Gasteiger partial charge on any atom is -0.444 e. The average Bonchev–Trinajstić information content (AvgIpc) is 2.51. The molecule has 1 aromatic rings. The van der Waals surface area contributed by atoms with E-state index in [1.165, 1.54) is 12.1 Å². The molecule has 150 valence electrons. The highest BCUT2D eigenvalue weighted by atomic mass is 35.5. The Morgan fingerprint density at radius 3 is 2.33 bits per heavy atom. The van der Waals surface area contributed by atoms with Crippen LogP contribution in [0.25, 0.3) is 0 Å². The van der Waals surface area contributed by atoms with E-state index in [-0.39, 0.29) is 28.7 Å². The van der Waals surface area contributed by atoms with Crippen LogP contribution in [-0.2, 0) is 4.74 Å². The molecule has 27 heavy (non-hydrogen) atoms. The molecule has 0 bridgehead atoms. The van der Waals surface area contributed by atoms with Crippen LogP contribution in [0.15, 0.2) is 18.2 Å². The first kappa shape index (κ1) is 22.7. The lowest BCUT2D eigenvalue weighted by Crippen LogP contribution is -2.57. The van der Waals surface area contributed by atoms with Crippen LogP contribution in [-0.4, -0.2) is 34.6 Å². The van der Waals surface area contributed by atoms with Gasteiger partial charge in [-0.25, -0.2) is 4.79 Å². The van der Waals surface area contributed by atoms with Crippen LogP contribution >= 0.6 is 11.6 Å². The van der Waals surface area contributed by atoms with Crippen LogP contribution in [0.5, 0.6) is 0 Å². The predicted octanol–water partition coefficient (Wildman–Crippen LogP) is 3.92. The van der Waals surface area contributed by atoms with Crippen LogP contribution in [0.3, 0.4) is 0 Å². The summed E-state index contributed by atoms with van der Waals surface area (Å²) in [5.41, 5.74) is -1.68. The minimum absolute atomic E-state index is 0.0429. The van der Waals surface area contributed by atoms with Gasteiger partial charge in [0.1, 0.15) is 10.6 Å². The smallest absolute Gasteiger partial charge is 0.407 e. The zero-order valence-corrected chi connectivity index (χ0v) is 17.1. The summed E-state index contributed by atoms with van der Waals surface area (Å²) in [6.45, 7) is 10.9. The zero-order chi connectivity index (χ0) is 21.0. The number of nitrogens with zero attached hydrogens (tertiary/aromatic N) is 1. The third kappa shape index (κ3) is 6.71. The molecule has 2 N–H and O–H groups in total. The molecule has 0 fully saturated rings. The normalized spacial score (nSPS) is 13.6. The monoisotopic (exact) mass is 399 g/mol. The van der Waals surface area contributed by atoms with E-state index >= 15 is 0 Å². The van der Waals surface area contributed by atoms with E-state index in [1.54, 1.807) is 27.7 Å². The van der Waals surface area contributed by atoms with E-state index in [0.717, 1.165) is 6.07 Å². The molecule has 1 aromatic carbocycles. The molecule has 1 atom stereocenters. The quantitative estimate of drug-likeness (QED) is 0.556. The van der Waals surface area contributed by atoms with Gasteiger partial charge in [-0.2, -0.15) is 0 Å². The molecule has 1 rings (SSSR count). The number of hydrogen-bond donors (Lipinski definition) is 2. The Hall–Kier alpha value is -2.35. The summed E-state index contributed by atoms with van der Waals surface area (Å²) in [7, 11) is 0. The molecule has 0 heterocycles. The van der Waals surface area contributed by atoms with Crippen molar-refractivity contribution >= 4 is 29.3 Å². The van der Waals surface area contributed by atoms with Gasteiger partial charge in [-0.3, -0.25) is 14.9 Å². The maximum Gasteiger partial charge on any atom is 0.407 e. The van der Waals surface area contributed by atoms with Crippen LogP contribution in [0, 0.1) is 16.0 Å². The number of nitro benzene ring substituents is 1. The Kier molecular flexibility index (Phi) is 7.19. The number of carbonyl (C=O) groups is 2. The number of benzene rings is 1. The summed E-state index contributed by atoms with van der Waals surface area (Å²) >= 11 is 5.78. The molecule has 0 spiro atoms. The third-order valence-electron chi connectivity index (χ3n) is 4.08. The first-order chi connectivity index (χ1) is 12.2. The van der Waals surface area contributed by atoms with Crippen LogP contribution in [0.2, 0.25) is 5.02 Å². The minimum atomic E-state index is -0.803. The standard InChI is InChI=1S/C18H26ClN3O5/c1-11(2)18(6,10-20-16(24)27-17(3,4)5)21-15(23)12-7-8-13(19)14(9-12)22(25)26/h7-9,11H,10H2,1-6H3,(H,20,24)(H,21,23). The molecule has 0 radical (unpaired) electrons. The van der Waals surface area contributed by atoms with Crippen molar-refractivity contribution < 1.29 is 19.2 Å². The van der Waals surface area contributed by atoms with E-state index in [9.17, 15) is 19.7 Å². The van der Waals surface area contributed by atoms with Gasteiger partial charge in [0, 0.05) is 18.2 Å². The van der Waals surface area contributed by atoms with Gasteiger partial charge in [-0.1, -0.05) is 25.4 Å². The molecule has 0 aromatic heterocycles. The van der Waals surface area contributed by atoms with Crippen LogP contribution < -0.4 is 10.6 Å². The van der Waals surface area contributed by atoms with E-state index < -0.39 is 28.1 Å². The Morgan fingerprint density at radius 2 is 1.85 bits per heavy atom. The molecule has 0 aliphatic carbocycles. The molecule has 0 saturated carbocycles. The second-order valence-corrected chi connectivity index (χ2v) is 8.21. The second kappa shape index (κ2) is 8.56. The van der Waals surface area contributed by atoms with Gasteiger partial charge in [0.05, 0.1) is 10.5 Å². The van der Waals surface area contributed by atoms with Crippen molar-refractivity contribution in [2.24, 2.45) is 5.92 Å². The van der Waals surface area contributed by atoms with Gasteiger partial charge >= 0.3 is 6.09 Å². The maximum absolute atomic E-state index is 12.6. The van der Waals surface area contributed by atoms with Crippen molar-refractivity contribution in [2.75, 3.05) is 6.54 Å². The second-order valence-electron chi connectivity index (χ2n) is 7.81. The van der Waals surface area contributed by atoms with E-state index in [4.69, 9.17) is 16.3 Å². The molecule has 0 aliphatic heterocycles. The lowest BCUT2D eigenvalue weighted by Gasteiger charge is -2.35. The fraction of sp³-hybridized carbons (Fsp3) is 0.556. The number of carbonyl (C=O) groups excluding carboxylic acids is 2. The third-order valence-corrected chi connectivity index (χ3v) is 4.40.